The zero-order valence-corrected chi connectivity index (χ0v) is 9.91. The third-order valence-electron chi connectivity index (χ3n) is 3.43. The molecule has 16 heavy (non-hydrogen) atoms. The van der Waals surface area contributed by atoms with Gasteiger partial charge in [0.25, 0.3) is 0 Å². The number of halogens is 1. The van der Waals surface area contributed by atoms with Crippen molar-refractivity contribution < 1.29 is 4.39 Å². The predicted molar refractivity (Wildman–Crippen MR) is 65.2 cm³/mol. The maximum Gasteiger partial charge on any atom is 0.123 e. The Bertz CT molecular complexity index is 336. The van der Waals surface area contributed by atoms with E-state index >= 15 is 0 Å². The minimum Gasteiger partial charge on any atom is -0.373 e. The second-order valence-electron chi connectivity index (χ2n) is 4.68. The van der Waals surface area contributed by atoms with Crippen LogP contribution in [-0.2, 0) is 0 Å². The summed E-state index contributed by atoms with van der Waals surface area (Å²) in [5, 5.41) is 3.50. The van der Waals surface area contributed by atoms with Gasteiger partial charge in [-0.15, -0.1) is 0 Å². The molecule has 1 fully saturated rings. The number of hydrogen-bond acceptors (Lipinski definition) is 2. The van der Waals surface area contributed by atoms with E-state index in [9.17, 15) is 4.39 Å². The molecule has 0 bridgehead atoms. The van der Waals surface area contributed by atoms with Crippen molar-refractivity contribution >= 4 is 5.69 Å². The molecule has 2 rings (SSSR count). The normalized spacial score (nSPS) is 24.7. The third-order valence-corrected chi connectivity index (χ3v) is 3.43. The van der Waals surface area contributed by atoms with Gasteiger partial charge < -0.3 is 10.2 Å². The van der Waals surface area contributed by atoms with Gasteiger partial charge in [-0.25, -0.2) is 4.39 Å². The van der Waals surface area contributed by atoms with E-state index in [1.54, 1.807) is 0 Å². The number of anilines is 1. The second-order valence-corrected chi connectivity index (χ2v) is 4.68. The summed E-state index contributed by atoms with van der Waals surface area (Å²) in [4.78, 5) is 2.18. The van der Waals surface area contributed by atoms with Gasteiger partial charge in [0.15, 0.2) is 0 Å². The number of nitrogens with one attached hydrogen (secondary N) is 1. The van der Waals surface area contributed by atoms with Gasteiger partial charge in [0.05, 0.1) is 0 Å². The highest BCUT2D eigenvalue weighted by Crippen LogP contribution is 2.19. The highest BCUT2D eigenvalue weighted by Gasteiger charge is 2.23. The first-order valence-electron chi connectivity index (χ1n) is 5.87. The van der Waals surface area contributed by atoms with E-state index in [0.717, 1.165) is 24.7 Å². The molecular formula is C13H19FN2. The SMILES string of the molecule is CC1CCNC1CN(C)c1ccc(F)cc1. The summed E-state index contributed by atoms with van der Waals surface area (Å²) in [6.07, 6.45) is 1.25. The lowest BCUT2D eigenvalue weighted by Crippen LogP contribution is -2.38. The molecule has 1 N–H and O–H groups in total. The van der Waals surface area contributed by atoms with Gasteiger partial charge in [0.1, 0.15) is 5.82 Å². The monoisotopic (exact) mass is 222 g/mol. The van der Waals surface area contributed by atoms with Crippen LogP contribution in [0.2, 0.25) is 0 Å². The summed E-state index contributed by atoms with van der Waals surface area (Å²) in [7, 11) is 2.06. The number of benzene rings is 1. The van der Waals surface area contributed by atoms with Crippen LogP contribution in [-0.4, -0.2) is 26.2 Å². The quantitative estimate of drug-likeness (QED) is 0.844. The lowest BCUT2D eigenvalue weighted by Gasteiger charge is -2.25. The van der Waals surface area contributed by atoms with Crippen LogP contribution in [0.4, 0.5) is 10.1 Å². The molecule has 1 aromatic carbocycles. The maximum absolute atomic E-state index is 12.8. The molecule has 1 saturated heterocycles. The zero-order chi connectivity index (χ0) is 11.5. The molecule has 0 saturated carbocycles. The Kier molecular flexibility index (Phi) is 3.44. The van der Waals surface area contributed by atoms with E-state index < -0.39 is 0 Å². The molecule has 0 aliphatic carbocycles. The van der Waals surface area contributed by atoms with E-state index in [2.05, 4.69) is 24.2 Å². The zero-order valence-electron chi connectivity index (χ0n) is 9.91. The fraction of sp³-hybridized carbons (Fsp3) is 0.538. The van der Waals surface area contributed by atoms with Crippen molar-refractivity contribution in [1.82, 2.24) is 5.32 Å². The molecule has 2 atom stereocenters. The molecule has 1 aliphatic heterocycles. The first kappa shape index (κ1) is 11.4. The van der Waals surface area contributed by atoms with Gasteiger partial charge in [-0.2, -0.15) is 0 Å². The molecule has 1 aromatic rings. The van der Waals surface area contributed by atoms with Crippen molar-refractivity contribution in [2.24, 2.45) is 5.92 Å². The Balaban J connectivity index is 1.97. The van der Waals surface area contributed by atoms with Gasteiger partial charge in [-0.05, 0) is 43.1 Å². The Morgan fingerprint density at radius 1 is 1.38 bits per heavy atom. The van der Waals surface area contributed by atoms with Crippen molar-refractivity contribution in [3.8, 4) is 0 Å². The van der Waals surface area contributed by atoms with Gasteiger partial charge >= 0.3 is 0 Å². The van der Waals surface area contributed by atoms with Crippen LogP contribution in [0.15, 0.2) is 24.3 Å². The first-order valence-corrected chi connectivity index (χ1v) is 5.87. The highest BCUT2D eigenvalue weighted by atomic mass is 19.1. The van der Waals surface area contributed by atoms with Crippen LogP contribution in [0, 0.1) is 11.7 Å². The van der Waals surface area contributed by atoms with Gasteiger partial charge in [-0.1, -0.05) is 6.92 Å². The molecule has 1 heterocycles. The molecule has 1 aliphatic rings. The largest absolute Gasteiger partial charge is 0.373 e. The summed E-state index contributed by atoms with van der Waals surface area (Å²) in [5.41, 5.74) is 1.07. The third kappa shape index (κ3) is 2.53. The number of rotatable bonds is 3. The smallest absolute Gasteiger partial charge is 0.123 e. The highest BCUT2D eigenvalue weighted by molar-refractivity contribution is 5.45. The molecule has 0 spiro atoms. The standard InChI is InChI=1S/C13H19FN2/c1-10-7-8-15-13(10)9-16(2)12-5-3-11(14)4-6-12/h3-6,10,13,15H,7-9H2,1-2H3. The van der Waals surface area contributed by atoms with Crippen LogP contribution in [0.1, 0.15) is 13.3 Å². The van der Waals surface area contributed by atoms with Gasteiger partial charge in [0.2, 0.25) is 0 Å². The number of hydrogen-bond donors (Lipinski definition) is 1. The lowest BCUT2D eigenvalue weighted by atomic mass is 10.0. The van der Waals surface area contributed by atoms with Crippen molar-refractivity contribution in [3.63, 3.8) is 0 Å². The summed E-state index contributed by atoms with van der Waals surface area (Å²) in [6, 6.07) is 7.23. The summed E-state index contributed by atoms with van der Waals surface area (Å²) in [6.45, 7) is 4.37. The topological polar surface area (TPSA) is 15.3 Å². The van der Waals surface area contributed by atoms with Crippen molar-refractivity contribution in [2.75, 3.05) is 25.0 Å². The number of likely N-dealkylation sites (N-methyl/N-ethyl adjacent to an activating group) is 1. The van der Waals surface area contributed by atoms with Crippen molar-refractivity contribution in [1.29, 1.82) is 0 Å². The summed E-state index contributed by atoms with van der Waals surface area (Å²) < 4.78 is 12.8. The minimum atomic E-state index is -0.176. The Morgan fingerprint density at radius 3 is 2.62 bits per heavy atom. The van der Waals surface area contributed by atoms with Gasteiger partial charge in [-0.3, -0.25) is 0 Å². The van der Waals surface area contributed by atoms with Crippen LogP contribution in [0.25, 0.3) is 0 Å². The van der Waals surface area contributed by atoms with Crippen LogP contribution in [0.5, 0.6) is 0 Å². The average molecular weight is 222 g/mol. The van der Waals surface area contributed by atoms with E-state index in [1.165, 1.54) is 18.6 Å². The molecule has 3 heteroatoms. The molecule has 88 valence electrons. The van der Waals surface area contributed by atoms with Crippen LogP contribution >= 0.6 is 0 Å². The summed E-state index contributed by atoms with van der Waals surface area (Å²) in [5.74, 6) is 0.549. The average Bonchev–Trinajstić information content (AvgIpc) is 2.65. The van der Waals surface area contributed by atoms with E-state index in [-0.39, 0.29) is 5.82 Å². The Hall–Kier alpha value is -1.09. The lowest BCUT2D eigenvalue weighted by molar-refractivity contribution is 0.483. The van der Waals surface area contributed by atoms with Crippen LogP contribution in [0.3, 0.4) is 0 Å². The molecule has 0 radical (unpaired) electrons. The minimum absolute atomic E-state index is 0.176. The Labute approximate surface area is 96.5 Å². The number of nitrogens with zero attached hydrogens (tertiary/aromatic N) is 1. The fourth-order valence-electron chi connectivity index (χ4n) is 2.24. The molecule has 2 nitrogen and oxygen atoms in total. The van der Waals surface area contributed by atoms with Gasteiger partial charge in [0, 0.05) is 25.3 Å². The maximum atomic E-state index is 12.8. The fourth-order valence-corrected chi connectivity index (χ4v) is 2.24. The predicted octanol–water partition coefficient (Wildman–Crippen LogP) is 2.26. The Morgan fingerprint density at radius 2 is 2.06 bits per heavy atom. The second kappa shape index (κ2) is 4.83. The molecule has 0 aromatic heterocycles. The van der Waals surface area contributed by atoms with E-state index in [4.69, 9.17) is 0 Å². The van der Waals surface area contributed by atoms with Crippen LogP contribution < -0.4 is 10.2 Å². The molecule has 0 amide bonds. The van der Waals surface area contributed by atoms with E-state index in [1.807, 2.05) is 12.1 Å². The van der Waals surface area contributed by atoms with Crippen molar-refractivity contribution in [3.05, 3.63) is 30.1 Å². The van der Waals surface area contributed by atoms with E-state index in [0.29, 0.717) is 6.04 Å². The molecular weight excluding hydrogens is 203 g/mol. The first-order chi connectivity index (χ1) is 7.66. The molecule has 2 unspecified atom stereocenters. The summed E-state index contributed by atoms with van der Waals surface area (Å²) >= 11 is 0. The van der Waals surface area contributed by atoms with Crippen molar-refractivity contribution in [2.45, 2.75) is 19.4 Å².